The maximum atomic E-state index is 15.1. The van der Waals surface area contributed by atoms with Crippen LogP contribution in [0.5, 0.6) is 0 Å². The van der Waals surface area contributed by atoms with Crippen LogP contribution in [0, 0.1) is 6.92 Å². The van der Waals surface area contributed by atoms with E-state index in [1.807, 2.05) is 0 Å². The van der Waals surface area contributed by atoms with Crippen LogP contribution in [0.2, 0.25) is 5.02 Å². The summed E-state index contributed by atoms with van der Waals surface area (Å²) < 4.78 is 123. The second-order valence-electron chi connectivity index (χ2n) is 9.91. The number of nitrogens with zero attached hydrogens (tertiary/aromatic N) is 1. The third kappa shape index (κ3) is 5.29. The molecule has 0 fully saturated rings. The van der Waals surface area contributed by atoms with Crippen LogP contribution in [-0.2, 0) is 18.6 Å². The van der Waals surface area contributed by atoms with Crippen molar-refractivity contribution < 1.29 is 53.9 Å². The number of carbonyl (C=O) groups is 3. The van der Waals surface area contributed by atoms with Gasteiger partial charge in [0, 0.05) is 21.8 Å². The van der Waals surface area contributed by atoms with Crippen LogP contribution < -0.4 is 5.32 Å². The number of amides is 3. The zero-order valence-corrected chi connectivity index (χ0v) is 23.3. The van der Waals surface area contributed by atoms with Gasteiger partial charge in [-0.2, -0.15) is 35.1 Å². The van der Waals surface area contributed by atoms with Crippen molar-refractivity contribution in [2.75, 3.05) is 5.32 Å². The van der Waals surface area contributed by atoms with Gasteiger partial charge in [0.1, 0.15) is 0 Å². The zero-order chi connectivity index (χ0) is 33.0. The highest BCUT2D eigenvalue weighted by Gasteiger charge is 2.81. The van der Waals surface area contributed by atoms with E-state index in [-0.39, 0.29) is 63.6 Å². The molecule has 4 rings (SSSR count). The van der Waals surface area contributed by atoms with Crippen molar-refractivity contribution in [2.45, 2.75) is 50.8 Å². The van der Waals surface area contributed by atoms with Crippen molar-refractivity contribution >= 4 is 35.0 Å². The predicted molar refractivity (Wildman–Crippen MR) is 140 cm³/mol. The summed E-state index contributed by atoms with van der Waals surface area (Å²) in [5.74, 6) is -8.85. The van der Waals surface area contributed by atoms with E-state index in [0.29, 0.717) is 0 Å². The minimum atomic E-state index is -6.88. The molecule has 0 spiro atoms. The van der Waals surface area contributed by atoms with Gasteiger partial charge in [-0.1, -0.05) is 42.8 Å². The summed E-state index contributed by atoms with van der Waals surface area (Å²) in [5.41, 5.74) is -8.56. The van der Waals surface area contributed by atoms with Gasteiger partial charge in [-0.25, -0.2) is 4.39 Å². The molecule has 1 heterocycles. The lowest BCUT2D eigenvalue weighted by Crippen LogP contribution is -2.59. The number of benzene rings is 3. The monoisotopic (exact) mass is 650 g/mol. The number of anilines is 1. The molecule has 5 nitrogen and oxygen atoms in total. The van der Waals surface area contributed by atoms with Crippen LogP contribution >= 0.6 is 11.6 Å². The molecule has 0 radical (unpaired) electrons. The number of imide groups is 1. The minimum Gasteiger partial charge on any atom is -0.321 e. The molecule has 3 amide bonds. The SMILES string of the molecule is CCc1cc(C(F)(C(F)(F)F)C(F)(F)C(F)(F)F)cc(C)c1NC(=O)c1ccc(CN2C(=O)c3ccccc3C2=O)c(Cl)c1. The molecule has 0 saturated carbocycles. The van der Waals surface area contributed by atoms with E-state index in [1.54, 1.807) is 12.1 Å². The number of alkyl halides is 9. The first-order valence-corrected chi connectivity index (χ1v) is 13.0. The highest BCUT2D eigenvalue weighted by molar-refractivity contribution is 6.32. The third-order valence-corrected chi connectivity index (χ3v) is 7.49. The Kier molecular flexibility index (Phi) is 8.31. The van der Waals surface area contributed by atoms with E-state index in [2.05, 4.69) is 5.32 Å². The molecule has 0 bridgehead atoms. The minimum absolute atomic E-state index is 0.0428. The van der Waals surface area contributed by atoms with Crippen LogP contribution in [0.3, 0.4) is 0 Å². The Morgan fingerprint density at radius 2 is 1.39 bits per heavy atom. The summed E-state index contributed by atoms with van der Waals surface area (Å²) in [5, 5.41) is 2.31. The zero-order valence-electron chi connectivity index (χ0n) is 22.6. The smallest absolute Gasteiger partial charge is 0.321 e. The molecule has 1 atom stereocenters. The molecule has 15 heteroatoms. The Labute approximate surface area is 248 Å². The second kappa shape index (κ2) is 11.1. The number of hydrogen-bond donors (Lipinski definition) is 1. The van der Waals surface area contributed by atoms with Crippen LogP contribution in [0.25, 0.3) is 0 Å². The standard InChI is InChI=1S/C29H20ClF9N2O3/c1-3-15-11-18(26(31,28(34,35)36)27(32,33)29(37,38)39)10-14(2)22(15)40-23(42)16-8-9-17(21(30)12-16)13-41-24(43)19-6-4-5-7-20(19)25(41)44/h4-12H,3,13H2,1-2H3,(H,40,42). The fourth-order valence-corrected chi connectivity index (χ4v) is 5.03. The lowest BCUT2D eigenvalue weighted by molar-refractivity contribution is -0.389. The molecular weight excluding hydrogens is 631 g/mol. The number of halogens is 10. The highest BCUT2D eigenvalue weighted by Crippen LogP contribution is 2.58. The van der Waals surface area contributed by atoms with Crippen molar-refractivity contribution in [3.05, 3.63) is 98.6 Å². The van der Waals surface area contributed by atoms with Crippen LogP contribution in [0.1, 0.15) is 60.3 Å². The fraction of sp³-hybridized carbons (Fsp3) is 0.276. The highest BCUT2D eigenvalue weighted by atomic mass is 35.5. The van der Waals surface area contributed by atoms with Gasteiger partial charge in [0.2, 0.25) is 0 Å². The average Bonchev–Trinajstić information content (AvgIpc) is 3.17. The predicted octanol–water partition coefficient (Wildman–Crippen LogP) is 8.18. The lowest BCUT2D eigenvalue weighted by Gasteiger charge is -2.36. The Morgan fingerprint density at radius 1 is 0.818 bits per heavy atom. The van der Waals surface area contributed by atoms with Crippen molar-refractivity contribution in [3.63, 3.8) is 0 Å². The summed E-state index contributed by atoms with van der Waals surface area (Å²) in [6.45, 7) is 2.06. The lowest BCUT2D eigenvalue weighted by atomic mass is 9.85. The number of fused-ring (bicyclic) bond motifs is 1. The third-order valence-electron chi connectivity index (χ3n) is 7.14. The van der Waals surface area contributed by atoms with E-state index >= 15 is 4.39 Å². The summed E-state index contributed by atoms with van der Waals surface area (Å²) in [6.07, 6.45) is -13.8. The molecule has 3 aromatic rings. The number of rotatable bonds is 7. The molecule has 1 unspecified atom stereocenters. The molecular formula is C29H20ClF9N2O3. The van der Waals surface area contributed by atoms with Crippen molar-refractivity contribution in [3.8, 4) is 0 Å². The van der Waals surface area contributed by atoms with E-state index in [4.69, 9.17) is 11.6 Å². The molecule has 1 aliphatic heterocycles. The molecule has 0 aliphatic carbocycles. The molecule has 44 heavy (non-hydrogen) atoms. The summed E-state index contributed by atoms with van der Waals surface area (Å²) in [6, 6.07) is 10.3. The van der Waals surface area contributed by atoms with Gasteiger partial charge in [-0.3, -0.25) is 19.3 Å². The van der Waals surface area contributed by atoms with Gasteiger partial charge in [0.25, 0.3) is 17.7 Å². The van der Waals surface area contributed by atoms with Gasteiger partial charge in [0.15, 0.2) is 0 Å². The van der Waals surface area contributed by atoms with Gasteiger partial charge in [-0.15, -0.1) is 0 Å². The molecule has 3 aromatic carbocycles. The maximum Gasteiger partial charge on any atom is 0.457 e. The quantitative estimate of drug-likeness (QED) is 0.207. The molecule has 1 aliphatic rings. The number of nitrogens with one attached hydrogen (secondary N) is 1. The van der Waals surface area contributed by atoms with Crippen molar-refractivity contribution in [1.82, 2.24) is 4.90 Å². The normalized spacial score (nSPS) is 15.3. The van der Waals surface area contributed by atoms with Crippen LogP contribution in [0.4, 0.5) is 45.2 Å². The summed E-state index contributed by atoms with van der Waals surface area (Å²) in [7, 11) is 0. The average molecular weight is 651 g/mol. The molecule has 0 aromatic heterocycles. The van der Waals surface area contributed by atoms with Gasteiger partial charge < -0.3 is 5.32 Å². The van der Waals surface area contributed by atoms with E-state index in [0.717, 1.165) is 11.8 Å². The first-order valence-electron chi connectivity index (χ1n) is 12.6. The van der Waals surface area contributed by atoms with Crippen LogP contribution in [0.15, 0.2) is 54.6 Å². The summed E-state index contributed by atoms with van der Waals surface area (Å²) in [4.78, 5) is 39.3. The fourth-order valence-electron chi connectivity index (χ4n) is 4.79. The molecule has 234 valence electrons. The van der Waals surface area contributed by atoms with Gasteiger partial charge in [0.05, 0.1) is 17.7 Å². The Morgan fingerprint density at radius 3 is 1.86 bits per heavy atom. The van der Waals surface area contributed by atoms with E-state index < -0.39 is 52.8 Å². The number of hydrogen-bond acceptors (Lipinski definition) is 3. The van der Waals surface area contributed by atoms with E-state index in [9.17, 15) is 49.5 Å². The maximum absolute atomic E-state index is 15.1. The Hall–Kier alpha value is -4.07. The number of carbonyl (C=O) groups excluding carboxylic acids is 3. The van der Waals surface area contributed by atoms with E-state index in [1.165, 1.54) is 37.3 Å². The first-order chi connectivity index (χ1) is 20.3. The largest absolute Gasteiger partial charge is 0.457 e. The van der Waals surface area contributed by atoms with Crippen molar-refractivity contribution in [1.29, 1.82) is 0 Å². The van der Waals surface area contributed by atoms with Gasteiger partial charge in [-0.05, 0) is 60.4 Å². The number of aryl methyl sites for hydroxylation is 2. The molecule has 1 N–H and O–H groups in total. The Bertz CT molecular complexity index is 1640. The topological polar surface area (TPSA) is 66.5 Å². The molecule has 0 saturated heterocycles. The van der Waals surface area contributed by atoms with Gasteiger partial charge >= 0.3 is 23.9 Å². The second-order valence-corrected chi connectivity index (χ2v) is 10.3. The van der Waals surface area contributed by atoms with Crippen LogP contribution in [-0.4, -0.2) is 40.9 Å². The summed E-state index contributed by atoms with van der Waals surface area (Å²) >= 11 is 6.30. The first kappa shape index (κ1) is 32.8. The van der Waals surface area contributed by atoms with Crippen molar-refractivity contribution in [2.24, 2.45) is 0 Å². The Balaban J connectivity index is 1.62.